The molecule has 5 rings (SSSR count). The number of fused-ring (bicyclic) bond motifs is 2. The Morgan fingerprint density at radius 1 is 1.25 bits per heavy atom. The Hall–Kier alpha value is -3.48. The summed E-state index contributed by atoms with van der Waals surface area (Å²) in [6.45, 7) is 2.32. The number of H-pyrrole nitrogens is 1. The van der Waals surface area contributed by atoms with Gasteiger partial charge in [-0.25, -0.2) is 0 Å². The zero-order valence-electron chi connectivity index (χ0n) is 15.3. The molecule has 2 aromatic heterocycles. The van der Waals surface area contributed by atoms with E-state index in [9.17, 15) is 9.59 Å². The number of aromatic amines is 1. The van der Waals surface area contributed by atoms with E-state index >= 15 is 0 Å². The minimum Gasteiger partial charge on any atom is -0.329 e. The summed E-state index contributed by atoms with van der Waals surface area (Å²) in [5, 5.41) is 9.97. The van der Waals surface area contributed by atoms with E-state index in [0.717, 1.165) is 22.5 Å². The minimum atomic E-state index is -0.833. The smallest absolute Gasteiger partial charge is 0.274 e. The monoisotopic (exact) mass is 373 g/mol. The van der Waals surface area contributed by atoms with Gasteiger partial charge in [0, 0.05) is 30.3 Å². The molecular formula is C21H19N5O2. The van der Waals surface area contributed by atoms with Gasteiger partial charge in [0.2, 0.25) is 5.91 Å². The number of likely N-dealkylation sites (tertiary alicyclic amines) is 1. The normalized spacial score (nSPS) is 23.1. The van der Waals surface area contributed by atoms with Crippen molar-refractivity contribution in [2.24, 2.45) is 0 Å². The molecular weight excluding hydrogens is 354 g/mol. The zero-order chi connectivity index (χ0) is 19.3. The van der Waals surface area contributed by atoms with Crippen LogP contribution in [0.3, 0.4) is 0 Å². The maximum absolute atomic E-state index is 13.3. The van der Waals surface area contributed by atoms with Crippen LogP contribution in [-0.2, 0) is 10.2 Å². The summed E-state index contributed by atoms with van der Waals surface area (Å²) in [6, 6.07) is 12.8. The second-order valence-corrected chi connectivity index (χ2v) is 7.34. The van der Waals surface area contributed by atoms with Crippen LogP contribution in [0, 0.1) is 6.92 Å². The van der Waals surface area contributed by atoms with Crippen molar-refractivity contribution in [1.29, 1.82) is 0 Å². The summed E-state index contributed by atoms with van der Waals surface area (Å²) in [5.74, 6) is -0.261. The van der Waals surface area contributed by atoms with Gasteiger partial charge in [0.15, 0.2) is 0 Å². The van der Waals surface area contributed by atoms with Crippen LogP contribution < -0.4 is 5.32 Å². The maximum atomic E-state index is 13.3. The number of hydrogen-bond acceptors (Lipinski definition) is 4. The second kappa shape index (κ2) is 6.02. The topological polar surface area (TPSA) is 91.0 Å². The molecule has 7 heteroatoms. The van der Waals surface area contributed by atoms with Gasteiger partial charge in [0.25, 0.3) is 5.91 Å². The first-order valence-corrected chi connectivity index (χ1v) is 9.25. The van der Waals surface area contributed by atoms with Gasteiger partial charge < -0.3 is 10.2 Å². The predicted molar refractivity (Wildman–Crippen MR) is 103 cm³/mol. The molecule has 140 valence electrons. The Bertz CT molecular complexity index is 1080. The van der Waals surface area contributed by atoms with Gasteiger partial charge in [-0.15, -0.1) is 0 Å². The van der Waals surface area contributed by atoms with Crippen molar-refractivity contribution in [3.8, 4) is 0 Å². The fourth-order valence-electron chi connectivity index (χ4n) is 4.58. The molecule has 2 unspecified atom stereocenters. The molecule has 1 saturated heterocycles. The lowest BCUT2D eigenvalue weighted by molar-refractivity contribution is -0.121. The molecule has 0 aliphatic carbocycles. The van der Waals surface area contributed by atoms with E-state index in [0.29, 0.717) is 18.7 Å². The molecule has 28 heavy (non-hydrogen) atoms. The number of carbonyl (C=O) groups is 2. The van der Waals surface area contributed by atoms with E-state index < -0.39 is 11.5 Å². The average Bonchev–Trinajstić information content (AvgIpc) is 3.40. The van der Waals surface area contributed by atoms with Gasteiger partial charge in [-0.2, -0.15) is 5.10 Å². The van der Waals surface area contributed by atoms with Crippen LogP contribution in [0.15, 0.2) is 54.9 Å². The number of amides is 2. The molecule has 1 spiro atoms. The molecule has 2 aliphatic rings. The quantitative estimate of drug-likeness (QED) is 0.722. The Kier molecular flexibility index (Phi) is 3.58. The van der Waals surface area contributed by atoms with Gasteiger partial charge >= 0.3 is 0 Å². The number of pyridine rings is 1. The van der Waals surface area contributed by atoms with Crippen LogP contribution in [0.5, 0.6) is 0 Å². The number of aromatic nitrogens is 3. The fraction of sp³-hybridized carbons (Fsp3) is 0.238. The summed E-state index contributed by atoms with van der Waals surface area (Å²) >= 11 is 0. The molecule has 2 amide bonds. The van der Waals surface area contributed by atoms with Crippen molar-refractivity contribution in [3.63, 3.8) is 0 Å². The Morgan fingerprint density at radius 2 is 2.11 bits per heavy atom. The van der Waals surface area contributed by atoms with Crippen LogP contribution in [0.25, 0.3) is 0 Å². The van der Waals surface area contributed by atoms with Crippen LogP contribution >= 0.6 is 0 Å². The molecule has 2 atom stereocenters. The average molecular weight is 373 g/mol. The second-order valence-electron chi connectivity index (χ2n) is 7.34. The van der Waals surface area contributed by atoms with Crippen molar-refractivity contribution < 1.29 is 9.59 Å². The summed E-state index contributed by atoms with van der Waals surface area (Å²) in [6.07, 6.45) is 3.98. The van der Waals surface area contributed by atoms with Gasteiger partial charge in [-0.1, -0.05) is 24.3 Å². The Labute approximate surface area is 161 Å². The molecule has 7 nitrogen and oxygen atoms in total. The third kappa shape index (κ3) is 2.22. The first-order valence-electron chi connectivity index (χ1n) is 9.25. The summed E-state index contributed by atoms with van der Waals surface area (Å²) in [4.78, 5) is 32.6. The largest absolute Gasteiger partial charge is 0.329 e. The van der Waals surface area contributed by atoms with E-state index in [1.54, 1.807) is 23.4 Å². The number of para-hydroxylation sites is 1. The lowest BCUT2D eigenvalue weighted by Crippen LogP contribution is -2.42. The molecule has 2 N–H and O–H groups in total. The van der Waals surface area contributed by atoms with E-state index in [-0.39, 0.29) is 11.8 Å². The SMILES string of the molecule is Cc1cc(C(=O)N2CCC3(C(=O)Nc4ccccc43)C2c2cccnc2)n[nH]1. The standard InChI is InChI=1S/C21H19N5O2/c1-13-11-17(25-24-13)19(27)26-10-8-21(18(26)14-5-4-9-22-12-14)15-6-2-3-7-16(15)23-20(21)28/h2-7,9,11-12,18H,8,10H2,1H3,(H,23,28)(H,24,25). The van der Waals surface area contributed by atoms with E-state index in [1.165, 1.54) is 0 Å². The number of nitrogens with one attached hydrogen (secondary N) is 2. The highest BCUT2D eigenvalue weighted by molar-refractivity contribution is 6.08. The molecule has 4 heterocycles. The lowest BCUT2D eigenvalue weighted by Gasteiger charge is -2.33. The minimum absolute atomic E-state index is 0.0731. The fourth-order valence-corrected chi connectivity index (χ4v) is 4.58. The first kappa shape index (κ1) is 16.7. The molecule has 0 saturated carbocycles. The van der Waals surface area contributed by atoms with Crippen molar-refractivity contribution in [1.82, 2.24) is 20.1 Å². The summed E-state index contributed by atoms with van der Waals surface area (Å²) in [7, 11) is 0. The summed E-state index contributed by atoms with van der Waals surface area (Å²) in [5.41, 5.74) is 2.93. The number of hydrogen-bond donors (Lipinski definition) is 2. The Morgan fingerprint density at radius 3 is 2.86 bits per heavy atom. The van der Waals surface area contributed by atoms with E-state index in [4.69, 9.17) is 0 Å². The lowest BCUT2D eigenvalue weighted by atomic mass is 9.73. The van der Waals surface area contributed by atoms with Crippen molar-refractivity contribution in [3.05, 3.63) is 77.4 Å². The van der Waals surface area contributed by atoms with Crippen LogP contribution in [-0.4, -0.2) is 38.4 Å². The number of benzene rings is 1. The molecule has 1 aromatic carbocycles. The van der Waals surface area contributed by atoms with E-state index in [1.807, 2.05) is 43.3 Å². The van der Waals surface area contributed by atoms with Crippen LogP contribution in [0.1, 0.15) is 39.8 Å². The highest BCUT2D eigenvalue weighted by atomic mass is 16.2. The van der Waals surface area contributed by atoms with Gasteiger partial charge in [0.1, 0.15) is 11.1 Å². The molecule has 1 fully saturated rings. The Balaban J connectivity index is 1.67. The first-order chi connectivity index (χ1) is 13.6. The predicted octanol–water partition coefficient (Wildman–Crippen LogP) is 2.59. The van der Waals surface area contributed by atoms with Crippen LogP contribution in [0.4, 0.5) is 5.69 Å². The maximum Gasteiger partial charge on any atom is 0.274 e. The number of aryl methyl sites for hydroxylation is 1. The van der Waals surface area contributed by atoms with Crippen LogP contribution in [0.2, 0.25) is 0 Å². The number of anilines is 1. The third-order valence-electron chi connectivity index (χ3n) is 5.77. The van der Waals surface area contributed by atoms with E-state index in [2.05, 4.69) is 20.5 Å². The van der Waals surface area contributed by atoms with Crippen molar-refractivity contribution in [2.45, 2.75) is 24.8 Å². The zero-order valence-corrected chi connectivity index (χ0v) is 15.3. The third-order valence-corrected chi connectivity index (χ3v) is 5.77. The molecule has 0 radical (unpaired) electrons. The van der Waals surface area contributed by atoms with Crippen molar-refractivity contribution >= 4 is 17.5 Å². The van der Waals surface area contributed by atoms with Gasteiger partial charge in [-0.05, 0) is 42.7 Å². The number of rotatable bonds is 2. The highest BCUT2D eigenvalue weighted by Crippen LogP contribution is 2.54. The highest BCUT2D eigenvalue weighted by Gasteiger charge is 2.59. The van der Waals surface area contributed by atoms with Gasteiger partial charge in [0.05, 0.1) is 6.04 Å². The molecule has 2 aliphatic heterocycles. The number of carbonyl (C=O) groups excluding carboxylic acids is 2. The van der Waals surface area contributed by atoms with Crippen molar-refractivity contribution in [2.75, 3.05) is 11.9 Å². The molecule has 0 bridgehead atoms. The summed E-state index contributed by atoms with van der Waals surface area (Å²) < 4.78 is 0. The van der Waals surface area contributed by atoms with Gasteiger partial charge in [-0.3, -0.25) is 19.7 Å². The molecule has 3 aromatic rings. The number of nitrogens with zero attached hydrogens (tertiary/aromatic N) is 3.